The van der Waals surface area contributed by atoms with Gasteiger partial charge in [-0.3, -0.25) is 4.79 Å². The van der Waals surface area contributed by atoms with Crippen LogP contribution in [0.25, 0.3) is 5.69 Å². The lowest BCUT2D eigenvalue weighted by atomic mass is 9.91. The van der Waals surface area contributed by atoms with E-state index in [4.69, 9.17) is 9.84 Å². The molecular weight excluding hydrogens is 462 g/mol. The predicted molar refractivity (Wildman–Crippen MR) is 142 cm³/mol. The first-order chi connectivity index (χ1) is 16.6. The van der Waals surface area contributed by atoms with Gasteiger partial charge in [0.1, 0.15) is 5.75 Å². The Bertz CT molecular complexity index is 1130. The number of piperidine rings is 1. The van der Waals surface area contributed by atoms with Crippen LogP contribution in [0.2, 0.25) is 0 Å². The summed E-state index contributed by atoms with van der Waals surface area (Å²) in [6.07, 6.45) is 3.82. The maximum Gasteiger partial charge on any atom is 0.257 e. The zero-order valence-corrected chi connectivity index (χ0v) is 21.3. The van der Waals surface area contributed by atoms with Crippen molar-refractivity contribution < 1.29 is 9.53 Å². The summed E-state index contributed by atoms with van der Waals surface area (Å²) in [5.74, 6) is 1.27. The minimum absolute atomic E-state index is 0. The van der Waals surface area contributed by atoms with Gasteiger partial charge in [-0.15, -0.1) is 12.4 Å². The Morgan fingerprint density at radius 2 is 1.71 bits per heavy atom. The van der Waals surface area contributed by atoms with Crippen LogP contribution in [-0.4, -0.2) is 67.0 Å². The number of nitrogens with zero attached hydrogens (tertiary/aromatic N) is 4. The number of hydrogen-bond acceptors (Lipinski definition) is 5. The number of amides is 1. The number of methoxy groups -OCH3 is 1. The van der Waals surface area contributed by atoms with E-state index in [0.717, 1.165) is 67.4 Å². The lowest BCUT2D eigenvalue weighted by molar-refractivity contribution is 0.0744. The number of carbonyl (C=O) groups is 1. The lowest BCUT2D eigenvalue weighted by Gasteiger charge is -2.36. The Hall–Kier alpha value is -3.03. The van der Waals surface area contributed by atoms with Gasteiger partial charge in [-0.05, 0) is 57.1 Å². The number of anilines is 1. The number of nitrogens with one attached hydrogen (secondary N) is 1. The number of rotatable bonds is 5. The Morgan fingerprint density at radius 3 is 2.40 bits per heavy atom. The molecule has 2 aromatic carbocycles. The Balaban J connectivity index is 0.00000289. The molecule has 5 rings (SSSR count). The number of aromatic nitrogens is 2. The second kappa shape index (κ2) is 11.1. The van der Waals surface area contributed by atoms with Crippen LogP contribution in [0, 0.1) is 6.92 Å². The van der Waals surface area contributed by atoms with E-state index in [9.17, 15) is 4.79 Å². The molecule has 3 heterocycles. The van der Waals surface area contributed by atoms with E-state index in [2.05, 4.69) is 53.5 Å². The van der Waals surface area contributed by atoms with Gasteiger partial charge in [-0.1, -0.05) is 23.8 Å². The van der Waals surface area contributed by atoms with Crippen LogP contribution in [0.4, 0.5) is 5.69 Å². The SMILES string of the molecule is COc1cccc(N2CCN(C(=O)c3cnn(-c4ccc(C)cc4)c3C3CCNCC3)CC2)c1.Cl. The summed E-state index contributed by atoms with van der Waals surface area (Å²) in [5.41, 5.74) is 5.17. The summed E-state index contributed by atoms with van der Waals surface area (Å²) in [7, 11) is 1.69. The number of piperazine rings is 1. The zero-order valence-electron chi connectivity index (χ0n) is 20.4. The van der Waals surface area contributed by atoms with Crippen LogP contribution in [-0.2, 0) is 0 Å². The van der Waals surface area contributed by atoms with Crippen molar-refractivity contribution in [2.45, 2.75) is 25.7 Å². The molecule has 2 aliphatic rings. The van der Waals surface area contributed by atoms with Gasteiger partial charge in [-0.25, -0.2) is 4.68 Å². The van der Waals surface area contributed by atoms with Gasteiger partial charge in [0.15, 0.2) is 0 Å². The highest BCUT2D eigenvalue weighted by molar-refractivity contribution is 5.95. The summed E-state index contributed by atoms with van der Waals surface area (Å²) in [6, 6.07) is 16.5. The molecule has 0 saturated carbocycles. The molecule has 0 spiro atoms. The van der Waals surface area contributed by atoms with Crippen molar-refractivity contribution in [3.05, 3.63) is 71.5 Å². The van der Waals surface area contributed by atoms with E-state index in [0.29, 0.717) is 19.0 Å². The maximum absolute atomic E-state index is 13.7. The molecule has 2 saturated heterocycles. The topological polar surface area (TPSA) is 62.6 Å². The number of halogens is 1. The van der Waals surface area contributed by atoms with Crippen molar-refractivity contribution in [3.63, 3.8) is 0 Å². The predicted octanol–water partition coefficient (Wildman–Crippen LogP) is 4.04. The smallest absolute Gasteiger partial charge is 0.257 e. The molecule has 0 aliphatic carbocycles. The number of carbonyl (C=O) groups excluding carboxylic acids is 1. The van der Waals surface area contributed by atoms with Gasteiger partial charge in [0.05, 0.1) is 30.3 Å². The summed E-state index contributed by atoms with van der Waals surface area (Å²) in [4.78, 5) is 18.0. The largest absolute Gasteiger partial charge is 0.497 e. The van der Waals surface area contributed by atoms with Crippen molar-refractivity contribution in [3.8, 4) is 11.4 Å². The van der Waals surface area contributed by atoms with Crippen molar-refractivity contribution in [1.82, 2.24) is 20.0 Å². The van der Waals surface area contributed by atoms with Crippen molar-refractivity contribution in [1.29, 1.82) is 0 Å². The first-order valence-electron chi connectivity index (χ1n) is 12.2. The van der Waals surface area contributed by atoms with Crippen LogP contribution in [0.5, 0.6) is 5.75 Å². The molecule has 2 aliphatic heterocycles. The second-order valence-corrected chi connectivity index (χ2v) is 9.20. The van der Waals surface area contributed by atoms with E-state index in [1.54, 1.807) is 13.3 Å². The lowest BCUT2D eigenvalue weighted by Crippen LogP contribution is -2.49. The summed E-state index contributed by atoms with van der Waals surface area (Å²) < 4.78 is 7.37. The highest BCUT2D eigenvalue weighted by atomic mass is 35.5. The molecule has 8 heteroatoms. The number of ether oxygens (including phenoxy) is 1. The molecule has 2 fully saturated rings. The van der Waals surface area contributed by atoms with Crippen LogP contribution in [0.1, 0.15) is 40.4 Å². The molecule has 1 N–H and O–H groups in total. The number of benzene rings is 2. The van der Waals surface area contributed by atoms with Gasteiger partial charge < -0.3 is 19.9 Å². The van der Waals surface area contributed by atoms with E-state index < -0.39 is 0 Å². The molecule has 35 heavy (non-hydrogen) atoms. The first-order valence-corrected chi connectivity index (χ1v) is 12.2. The summed E-state index contributed by atoms with van der Waals surface area (Å²) >= 11 is 0. The third-order valence-electron chi connectivity index (χ3n) is 7.03. The quantitative estimate of drug-likeness (QED) is 0.578. The Labute approximate surface area is 213 Å². The molecule has 0 atom stereocenters. The van der Waals surface area contributed by atoms with E-state index >= 15 is 0 Å². The minimum Gasteiger partial charge on any atom is -0.497 e. The normalized spacial score (nSPS) is 16.6. The first kappa shape index (κ1) is 25.1. The standard InChI is InChI=1S/C27H33N5O2.ClH/c1-20-6-8-22(9-7-20)32-26(21-10-12-28-13-11-21)25(19-29-32)27(33)31-16-14-30(15-17-31)23-4-3-5-24(18-23)34-2;/h3-9,18-19,21,28H,10-17H2,1-2H3;1H. The Kier molecular flexibility index (Phi) is 7.98. The van der Waals surface area contributed by atoms with E-state index in [1.807, 2.05) is 21.7 Å². The molecule has 186 valence electrons. The second-order valence-electron chi connectivity index (χ2n) is 9.20. The van der Waals surface area contributed by atoms with E-state index in [-0.39, 0.29) is 18.3 Å². The molecular formula is C27H34ClN5O2. The molecule has 3 aromatic rings. The summed E-state index contributed by atoms with van der Waals surface area (Å²) in [6.45, 7) is 7.00. The molecule has 0 radical (unpaired) electrons. The van der Waals surface area contributed by atoms with E-state index in [1.165, 1.54) is 5.56 Å². The van der Waals surface area contributed by atoms with Crippen molar-refractivity contribution >= 4 is 24.0 Å². The van der Waals surface area contributed by atoms with Crippen LogP contribution in [0.3, 0.4) is 0 Å². The molecule has 0 bridgehead atoms. The molecule has 1 amide bonds. The third kappa shape index (κ3) is 5.31. The highest BCUT2D eigenvalue weighted by Gasteiger charge is 2.30. The average Bonchev–Trinajstić information content (AvgIpc) is 3.34. The highest BCUT2D eigenvalue weighted by Crippen LogP contribution is 2.31. The van der Waals surface area contributed by atoms with Gasteiger partial charge in [0.2, 0.25) is 0 Å². The van der Waals surface area contributed by atoms with Gasteiger partial charge in [0.25, 0.3) is 5.91 Å². The fourth-order valence-corrected chi connectivity index (χ4v) is 5.05. The maximum atomic E-state index is 13.7. The van der Waals surface area contributed by atoms with Crippen LogP contribution in [0.15, 0.2) is 54.7 Å². The molecule has 7 nitrogen and oxygen atoms in total. The van der Waals surface area contributed by atoms with Crippen LogP contribution < -0.4 is 15.0 Å². The zero-order chi connectivity index (χ0) is 23.5. The van der Waals surface area contributed by atoms with Gasteiger partial charge in [-0.2, -0.15) is 5.10 Å². The molecule has 1 aromatic heterocycles. The minimum atomic E-state index is 0. The summed E-state index contributed by atoms with van der Waals surface area (Å²) in [5, 5.41) is 8.16. The van der Waals surface area contributed by atoms with Crippen LogP contribution >= 0.6 is 12.4 Å². The molecule has 0 unspecified atom stereocenters. The van der Waals surface area contributed by atoms with Gasteiger partial charge in [0, 0.05) is 43.9 Å². The number of hydrogen-bond donors (Lipinski definition) is 1. The fourth-order valence-electron chi connectivity index (χ4n) is 5.05. The Morgan fingerprint density at radius 1 is 1.00 bits per heavy atom. The van der Waals surface area contributed by atoms with Gasteiger partial charge >= 0.3 is 0 Å². The third-order valence-corrected chi connectivity index (χ3v) is 7.03. The van der Waals surface area contributed by atoms with Crippen molar-refractivity contribution in [2.75, 3.05) is 51.3 Å². The van der Waals surface area contributed by atoms with Crippen molar-refractivity contribution in [2.24, 2.45) is 0 Å². The number of aryl methyl sites for hydroxylation is 1. The average molecular weight is 496 g/mol. The fraction of sp³-hybridized carbons (Fsp3) is 0.407. The monoisotopic (exact) mass is 495 g/mol.